The molecule has 0 bridgehead atoms. The summed E-state index contributed by atoms with van der Waals surface area (Å²) in [5.41, 5.74) is 0. The van der Waals surface area contributed by atoms with E-state index in [1.807, 2.05) is 12.4 Å². The molecule has 0 atom stereocenters. The summed E-state index contributed by atoms with van der Waals surface area (Å²) in [4.78, 5) is 3.15. The van der Waals surface area contributed by atoms with Crippen molar-refractivity contribution in [2.45, 2.75) is 0 Å². The molecule has 1 nitrogen and oxygen atoms in total. The van der Waals surface area contributed by atoms with Gasteiger partial charge in [-0.2, -0.15) is 0 Å². The molecule has 3 rings (SSSR count). The number of aromatic amines is 1. The Bertz CT molecular complexity index is 648. The molecular formula is C16H13N. The van der Waals surface area contributed by atoms with Gasteiger partial charge in [-0.25, -0.2) is 0 Å². The zero-order chi connectivity index (χ0) is 11.5. The standard InChI is InChI=1S/C16H13N/c1-3-7-15-13(5-1)9-11-17-12-10-14-6-2-4-8-16(14)15/h1-12,17H. The summed E-state index contributed by atoms with van der Waals surface area (Å²) in [7, 11) is 0. The van der Waals surface area contributed by atoms with Crippen molar-refractivity contribution in [2.75, 3.05) is 0 Å². The summed E-state index contributed by atoms with van der Waals surface area (Å²) >= 11 is 0. The average Bonchev–Trinajstić information content (AvgIpc) is 2.47. The van der Waals surface area contributed by atoms with Gasteiger partial charge < -0.3 is 4.98 Å². The zero-order valence-electron chi connectivity index (χ0n) is 9.43. The maximum absolute atomic E-state index is 3.15. The van der Waals surface area contributed by atoms with Gasteiger partial charge in [0.25, 0.3) is 0 Å². The Balaban J connectivity index is 2.63. The molecule has 1 heterocycles. The lowest BCUT2D eigenvalue weighted by Crippen LogP contribution is -1.71. The maximum atomic E-state index is 3.15. The first-order valence-corrected chi connectivity index (χ1v) is 5.73. The number of benzene rings is 2. The van der Waals surface area contributed by atoms with Gasteiger partial charge in [0.15, 0.2) is 0 Å². The van der Waals surface area contributed by atoms with Gasteiger partial charge in [-0.1, -0.05) is 48.5 Å². The molecule has 0 fully saturated rings. The van der Waals surface area contributed by atoms with Crippen LogP contribution in [-0.2, 0) is 0 Å². The lowest BCUT2D eigenvalue weighted by molar-refractivity contribution is 1.37. The number of hydrogen-bond acceptors (Lipinski definition) is 0. The molecule has 0 radical (unpaired) electrons. The molecule has 0 saturated heterocycles. The number of aromatic nitrogens is 1. The van der Waals surface area contributed by atoms with Crippen molar-refractivity contribution in [3.63, 3.8) is 0 Å². The SMILES string of the molecule is c1ccc2c(c1)cc[nH]ccc1ccccc12. The molecule has 17 heavy (non-hydrogen) atoms. The minimum absolute atomic E-state index is 1.23. The van der Waals surface area contributed by atoms with Crippen LogP contribution in [0.15, 0.2) is 73.1 Å². The van der Waals surface area contributed by atoms with E-state index in [0.29, 0.717) is 0 Å². The van der Waals surface area contributed by atoms with Crippen LogP contribution in [0.3, 0.4) is 0 Å². The van der Waals surface area contributed by atoms with Crippen LogP contribution < -0.4 is 0 Å². The van der Waals surface area contributed by atoms with Gasteiger partial charge in [0, 0.05) is 12.4 Å². The minimum atomic E-state index is 1.23. The molecule has 0 amide bonds. The molecule has 0 aliphatic rings. The van der Waals surface area contributed by atoms with E-state index in [9.17, 15) is 0 Å². The highest BCUT2D eigenvalue weighted by molar-refractivity contribution is 6.04. The van der Waals surface area contributed by atoms with Gasteiger partial charge in [-0.05, 0) is 33.7 Å². The molecule has 0 spiro atoms. The normalized spacial score (nSPS) is 10.4. The number of fused-ring (bicyclic) bond motifs is 3. The summed E-state index contributed by atoms with van der Waals surface area (Å²) in [5.74, 6) is 0. The topological polar surface area (TPSA) is 15.8 Å². The van der Waals surface area contributed by atoms with Crippen LogP contribution in [0.5, 0.6) is 0 Å². The summed E-state index contributed by atoms with van der Waals surface area (Å²) < 4.78 is 0. The number of rotatable bonds is 0. The molecule has 1 heteroatoms. The van der Waals surface area contributed by atoms with Crippen molar-refractivity contribution in [3.05, 3.63) is 73.1 Å². The first-order chi connectivity index (χ1) is 8.45. The van der Waals surface area contributed by atoms with E-state index in [2.05, 4.69) is 65.6 Å². The summed E-state index contributed by atoms with van der Waals surface area (Å²) in [5, 5.41) is 5.01. The van der Waals surface area contributed by atoms with E-state index >= 15 is 0 Å². The third kappa shape index (κ3) is 1.87. The Morgan fingerprint density at radius 1 is 0.529 bits per heavy atom. The van der Waals surface area contributed by atoms with Crippen molar-refractivity contribution >= 4 is 21.5 Å². The third-order valence-corrected chi connectivity index (χ3v) is 2.93. The number of nitrogens with one attached hydrogen (secondary N) is 1. The second kappa shape index (κ2) is 4.30. The number of H-pyrrole nitrogens is 1. The van der Waals surface area contributed by atoms with Crippen molar-refractivity contribution < 1.29 is 0 Å². The molecule has 1 aromatic heterocycles. The molecule has 0 saturated carbocycles. The molecule has 2 aromatic carbocycles. The van der Waals surface area contributed by atoms with Crippen LogP contribution in [0.2, 0.25) is 0 Å². The first-order valence-electron chi connectivity index (χ1n) is 5.73. The Kier molecular flexibility index (Phi) is 2.51. The third-order valence-electron chi connectivity index (χ3n) is 2.93. The van der Waals surface area contributed by atoms with E-state index in [-0.39, 0.29) is 0 Å². The van der Waals surface area contributed by atoms with E-state index < -0.39 is 0 Å². The van der Waals surface area contributed by atoms with Crippen molar-refractivity contribution in [1.82, 2.24) is 4.98 Å². The first kappa shape index (κ1) is 9.91. The van der Waals surface area contributed by atoms with Crippen LogP contribution in [0.4, 0.5) is 0 Å². The van der Waals surface area contributed by atoms with Crippen molar-refractivity contribution in [1.29, 1.82) is 0 Å². The Morgan fingerprint density at radius 2 is 1.00 bits per heavy atom. The van der Waals surface area contributed by atoms with Crippen LogP contribution in [-0.4, -0.2) is 4.98 Å². The molecular weight excluding hydrogens is 206 g/mol. The van der Waals surface area contributed by atoms with E-state index in [0.717, 1.165) is 0 Å². The summed E-state index contributed by atoms with van der Waals surface area (Å²) in [6.45, 7) is 0. The second-order valence-corrected chi connectivity index (χ2v) is 4.01. The van der Waals surface area contributed by atoms with Gasteiger partial charge in [-0.3, -0.25) is 0 Å². The summed E-state index contributed by atoms with van der Waals surface area (Å²) in [6, 6.07) is 21.1. The smallest absolute Gasteiger partial charge is 0.00106 e. The Hall–Kier alpha value is -2.28. The monoisotopic (exact) mass is 219 g/mol. The highest BCUT2D eigenvalue weighted by Crippen LogP contribution is 2.21. The fraction of sp³-hybridized carbons (Fsp3) is 0. The highest BCUT2D eigenvalue weighted by Gasteiger charge is 1.94. The number of hydrogen-bond donors (Lipinski definition) is 1. The van der Waals surface area contributed by atoms with Crippen molar-refractivity contribution in [3.8, 4) is 0 Å². The molecule has 0 aliphatic carbocycles. The van der Waals surface area contributed by atoms with Crippen LogP contribution in [0.25, 0.3) is 21.5 Å². The van der Waals surface area contributed by atoms with Crippen LogP contribution in [0.1, 0.15) is 0 Å². The van der Waals surface area contributed by atoms with Crippen LogP contribution in [0, 0.1) is 0 Å². The zero-order valence-corrected chi connectivity index (χ0v) is 9.43. The van der Waals surface area contributed by atoms with Gasteiger partial charge in [-0.15, -0.1) is 0 Å². The molecule has 0 unspecified atom stereocenters. The summed E-state index contributed by atoms with van der Waals surface area (Å²) in [6.07, 6.45) is 3.92. The fourth-order valence-corrected chi connectivity index (χ4v) is 2.11. The van der Waals surface area contributed by atoms with Gasteiger partial charge in [0.1, 0.15) is 0 Å². The highest BCUT2D eigenvalue weighted by atomic mass is 14.6. The second-order valence-electron chi connectivity index (χ2n) is 4.01. The molecule has 3 aromatic rings. The largest absolute Gasteiger partial charge is 0.368 e. The Morgan fingerprint density at radius 3 is 1.53 bits per heavy atom. The molecule has 82 valence electrons. The van der Waals surface area contributed by atoms with Crippen LogP contribution >= 0.6 is 0 Å². The quantitative estimate of drug-likeness (QED) is 0.575. The maximum Gasteiger partial charge on any atom is 0.00106 e. The molecule has 1 N–H and O–H groups in total. The van der Waals surface area contributed by atoms with E-state index in [1.165, 1.54) is 21.5 Å². The fourth-order valence-electron chi connectivity index (χ4n) is 2.11. The lowest BCUT2D eigenvalue weighted by atomic mass is 10.1. The van der Waals surface area contributed by atoms with E-state index in [4.69, 9.17) is 0 Å². The van der Waals surface area contributed by atoms with Gasteiger partial charge in [0.05, 0.1) is 0 Å². The van der Waals surface area contributed by atoms with Gasteiger partial charge >= 0.3 is 0 Å². The van der Waals surface area contributed by atoms with Gasteiger partial charge in [0.2, 0.25) is 0 Å². The minimum Gasteiger partial charge on any atom is -0.368 e. The lowest BCUT2D eigenvalue weighted by Gasteiger charge is -1.97. The predicted molar refractivity (Wildman–Crippen MR) is 73.4 cm³/mol. The average molecular weight is 219 g/mol. The van der Waals surface area contributed by atoms with E-state index in [1.54, 1.807) is 0 Å². The molecule has 0 aliphatic heterocycles. The predicted octanol–water partition coefficient (Wildman–Crippen LogP) is 4.45. The Labute approximate surface area is 100 Å². The van der Waals surface area contributed by atoms with Crippen molar-refractivity contribution in [2.24, 2.45) is 0 Å².